The zero-order valence-corrected chi connectivity index (χ0v) is 13.9. The number of nitrogens with zero attached hydrogens (tertiary/aromatic N) is 4. The molecule has 1 fully saturated rings. The van der Waals surface area contributed by atoms with Crippen molar-refractivity contribution in [3.63, 3.8) is 0 Å². The van der Waals surface area contributed by atoms with Crippen molar-refractivity contribution in [2.75, 3.05) is 50.7 Å². The molecule has 0 N–H and O–H groups in total. The molecule has 2 rings (SSSR count). The van der Waals surface area contributed by atoms with Crippen molar-refractivity contribution in [2.24, 2.45) is 0 Å². The van der Waals surface area contributed by atoms with E-state index in [4.69, 9.17) is 0 Å². The summed E-state index contributed by atoms with van der Waals surface area (Å²) in [5.41, 5.74) is 0. The van der Waals surface area contributed by atoms with Gasteiger partial charge in [0.25, 0.3) is 0 Å². The lowest BCUT2D eigenvalue weighted by molar-refractivity contribution is -0.132. The lowest BCUT2D eigenvalue weighted by atomic mass is 10.2. The van der Waals surface area contributed by atoms with Crippen LogP contribution in [0.5, 0.6) is 0 Å². The van der Waals surface area contributed by atoms with Gasteiger partial charge in [-0.15, -0.1) is 0 Å². The number of anilines is 1. The third kappa shape index (κ3) is 4.70. The Morgan fingerprint density at radius 3 is 2.59 bits per heavy atom. The maximum absolute atomic E-state index is 12.4. The van der Waals surface area contributed by atoms with E-state index in [0.717, 1.165) is 57.9 Å². The molecule has 122 valence electrons. The molecular formula is C17H28N4O. The van der Waals surface area contributed by atoms with Crippen LogP contribution in [-0.2, 0) is 4.79 Å². The summed E-state index contributed by atoms with van der Waals surface area (Å²) in [6.07, 6.45) is 4.05. The highest BCUT2D eigenvalue weighted by Gasteiger charge is 2.21. The largest absolute Gasteiger partial charge is 0.354 e. The van der Waals surface area contributed by atoms with E-state index < -0.39 is 0 Å². The molecular weight excluding hydrogens is 276 g/mol. The van der Waals surface area contributed by atoms with E-state index >= 15 is 0 Å². The van der Waals surface area contributed by atoms with Gasteiger partial charge in [-0.25, -0.2) is 4.98 Å². The first-order chi connectivity index (χ1) is 10.7. The van der Waals surface area contributed by atoms with Crippen molar-refractivity contribution in [2.45, 2.75) is 26.7 Å². The summed E-state index contributed by atoms with van der Waals surface area (Å²) >= 11 is 0. The zero-order chi connectivity index (χ0) is 15.8. The van der Waals surface area contributed by atoms with Crippen LogP contribution >= 0.6 is 0 Å². The average Bonchev–Trinajstić information content (AvgIpc) is 2.57. The number of rotatable bonds is 7. The lowest BCUT2D eigenvalue weighted by Gasteiger charge is -2.35. The quantitative estimate of drug-likeness (QED) is 0.771. The molecule has 1 aromatic heterocycles. The fraction of sp³-hybridized carbons (Fsp3) is 0.647. The molecule has 5 nitrogen and oxygen atoms in total. The van der Waals surface area contributed by atoms with Gasteiger partial charge < -0.3 is 9.80 Å². The van der Waals surface area contributed by atoms with E-state index in [0.29, 0.717) is 6.54 Å². The molecule has 0 spiro atoms. The summed E-state index contributed by atoms with van der Waals surface area (Å²) in [4.78, 5) is 23.3. The predicted molar refractivity (Wildman–Crippen MR) is 90.1 cm³/mol. The van der Waals surface area contributed by atoms with Crippen LogP contribution < -0.4 is 4.90 Å². The van der Waals surface area contributed by atoms with Crippen LogP contribution in [-0.4, -0.2) is 66.5 Å². The van der Waals surface area contributed by atoms with E-state index in [1.165, 1.54) is 0 Å². The number of piperazine rings is 1. The lowest BCUT2D eigenvalue weighted by Crippen LogP contribution is -2.50. The van der Waals surface area contributed by atoms with Crippen molar-refractivity contribution in [3.05, 3.63) is 24.4 Å². The van der Waals surface area contributed by atoms with Crippen LogP contribution in [0.2, 0.25) is 0 Å². The van der Waals surface area contributed by atoms with E-state index in [2.05, 4.69) is 28.6 Å². The third-order valence-electron chi connectivity index (χ3n) is 4.22. The molecule has 1 aliphatic heterocycles. The summed E-state index contributed by atoms with van der Waals surface area (Å²) < 4.78 is 0. The first-order valence-electron chi connectivity index (χ1n) is 8.40. The summed E-state index contributed by atoms with van der Waals surface area (Å²) in [7, 11) is 0. The molecule has 0 atom stereocenters. The number of carbonyl (C=O) groups excluding carboxylic acids is 1. The minimum absolute atomic E-state index is 0.266. The second-order valence-electron chi connectivity index (χ2n) is 5.78. The molecule has 22 heavy (non-hydrogen) atoms. The molecule has 1 saturated heterocycles. The van der Waals surface area contributed by atoms with Crippen LogP contribution in [0.15, 0.2) is 24.4 Å². The second-order valence-corrected chi connectivity index (χ2v) is 5.78. The second kappa shape index (κ2) is 8.73. The number of amides is 1. The fourth-order valence-electron chi connectivity index (χ4n) is 2.78. The van der Waals surface area contributed by atoms with Crippen molar-refractivity contribution in [3.8, 4) is 0 Å². The molecule has 0 aliphatic carbocycles. The van der Waals surface area contributed by atoms with Crippen LogP contribution in [0.3, 0.4) is 0 Å². The Kier molecular flexibility index (Phi) is 6.65. The Hall–Kier alpha value is -1.62. The van der Waals surface area contributed by atoms with Gasteiger partial charge in [-0.2, -0.15) is 0 Å². The van der Waals surface area contributed by atoms with E-state index in [1.807, 2.05) is 29.3 Å². The number of hydrogen-bond acceptors (Lipinski definition) is 4. The van der Waals surface area contributed by atoms with Gasteiger partial charge in [-0.05, 0) is 25.5 Å². The van der Waals surface area contributed by atoms with Gasteiger partial charge in [0, 0.05) is 45.5 Å². The third-order valence-corrected chi connectivity index (χ3v) is 4.22. The Labute approximate surface area is 133 Å². The minimum Gasteiger partial charge on any atom is -0.354 e. The molecule has 0 bridgehead atoms. The highest BCUT2D eigenvalue weighted by atomic mass is 16.2. The molecule has 5 heteroatoms. The van der Waals surface area contributed by atoms with Gasteiger partial charge in [0.1, 0.15) is 5.82 Å². The fourth-order valence-corrected chi connectivity index (χ4v) is 2.78. The number of unbranched alkanes of at least 4 members (excludes halogenated alkanes) is 1. The smallest absolute Gasteiger partial charge is 0.236 e. The standard InChI is InChI=1S/C17H28N4O/c1-3-5-10-20(4-2)17(22)15-19-11-13-21(14-12-19)16-8-6-7-9-18-16/h6-9H,3-5,10-15H2,1-2H3. The molecule has 2 heterocycles. The topological polar surface area (TPSA) is 39.7 Å². The maximum Gasteiger partial charge on any atom is 0.236 e. The zero-order valence-electron chi connectivity index (χ0n) is 13.9. The van der Waals surface area contributed by atoms with Crippen LogP contribution in [0.1, 0.15) is 26.7 Å². The summed E-state index contributed by atoms with van der Waals surface area (Å²) in [5, 5.41) is 0. The highest BCUT2D eigenvalue weighted by molar-refractivity contribution is 5.78. The minimum atomic E-state index is 0.266. The number of carbonyl (C=O) groups is 1. The Bertz CT molecular complexity index is 443. The summed E-state index contributed by atoms with van der Waals surface area (Å²) in [6.45, 7) is 10.2. The Morgan fingerprint density at radius 1 is 1.23 bits per heavy atom. The molecule has 1 aliphatic rings. The van der Waals surface area contributed by atoms with Gasteiger partial charge >= 0.3 is 0 Å². The highest BCUT2D eigenvalue weighted by Crippen LogP contribution is 2.12. The van der Waals surface area contributed by atoms with E-state index in [1.54, 1.807) is 0 Å². The van der Waals surface area contributed by atoms with Crippen molar-refractivity contribution in [1.29, 1.82) is 0 Å². The molecule has 1 aromatic rings. The van der Waals surface area contributed by atoms with Gasteiger partial charge in [0.05, 0.1) is 6.54 Å². The van der Waals surface area contributed by atoms with Gasteiger partial charge in [0.15, 0.2) is 0 Å². The van der Waals surface area contributed by atoms with Crippen LogP contribution in [0.25, 0.3) is 0 Å². The average molecular weight is 304 g/mol. The van der Waals surface area contributed by atoms with Crippen LogP contribution in [0, 0.1) is 0 Å². The van der Waals surface area contributed by atoms with Crippen molar-refractivity contribution >= 4 is 11.7 Å². The van der Waals surface area contributed by atoms with Crippen LogP contribution in [0.4, 0.5) is 5.82 Å². The first kappa shape index (κ1) is 16.7. The molecule has 1 amide bonds. The summed E-state index contributed by atoms with van der Waals surface area (Å²) in [5.74, 6) is 1.30. The molecule has 0 unspecified atom stereocenters. The normalized spacial score (nSPS) is 15.8. The number of pyridine rings is 1. The monoisotopic (exact) mass is 304 g/mol. The number of likely N-dealkylation sites (N-methyl/N-ethyl adjacent to an activating group) is 1. The van der Waals surface area contributed by atoms with Crippen molar-refractivity contribution < 1.29 is 4.79 Å². The molecule has 0 aromatic carbocycles. The SMILES string of the molecule is CCCCN(CC)C(=O)CN1CCN(c2ccccn2)CC1. The van der Waals surface area contributed by atoms with Gasteiger partial charge in [-0.1, -0.05) is 19.4 Å². The first-order valence-corrected chi connectivity index (χ1v) is 8.40. The van der Waals surface area contributed by atoms with E-state index in [-0.39, 0.29) is 5.91 Å². The maximum atomic E-state index is 12.4. The van der Waals surface area contributed by atoms with Gasteiger partial charge in [-0.3, -0.25) is 9.69 Å². The predicted octanol–water partition coefficient (Wildman–Crippen LogP) is 1.85. The Balaban J connectivity index is 1.78. The number of hydrogen-bond donors (Lipinski definition) is 0. The summed E-state index contributed by atoms with van der Waals surface area (Å²) in [6, 6.07) is 6.00. The van der Waals surface area contributed by atoms with Crippen molar-refractivity contribution in [1.82, 2.24) is 14.8 Å². The molecule has 0 radical (unpaired) electrons. The number of aromatic nitrogens is 1. The van der Waals surface area contributed by atoms with Gasteiger partial charge in [0.2, 0.25) is 5.91 Å². The van der Waals surface area contributed by atoms with E-state index in [9.17, 15) is 4.79 Å². The Morgan fingerprint density at radius 2 is 2.00 bits per heavy atom. The molecule has 0 saturated carbocycles.